The van der Waals surface area contributed by atoms with Gasteiger partial charge in [-0.15, -0.1) is 0 Å². The molecule has 0 saturated carbocycles. The summed E-state index contributed by atoms with van der Waals surface area (Å²) in [7, 11) is 0. The summed E-state index contributed by atoms with van der Waals surface area (Å²) in [6.07, 6.45) is 0. The maximum atomic E-state index is 12.4. The molecular formula is C18H21BrN2O3. The van der Waals surface area contributed by atoms with Gasteiger partial charge in [-0.2, -0.15) is 0 Å². The van der Waals surface area contributed by atoms with Gasteiger partial charge in [-0.25, -0.2) is 4.79 Å². The summed E-state index contributed by atoms with van der Waals surface area (Å²) in [6.45, 7) is 7.89. The molecule has 0 unspecified atom stereocenters. The van der Waals surface area contributed by atoms with Crippen LogP contribution in [0, 0.1) is 20.8 Å². The van der Waals surface area contributed by atoms with E-state index in [1.165, 1.54) is 0 Å². The van der Waals surface area contributed by atoms with Gasteiger partial charge < -0.3 is 14.6 Å². The molecule has 0 saturated heterocycles. The molecule has 6 heteroatoms. The van der Waals surface area contributed by atoms with Gasteiger partial charge in [-0.1, -0.05) is 6.07 Å². The summed E-state index contributed by atoms with van der Waals surface area (Å²) in [5, 5.41) is 2.88. The van der Waals surface area contributed by atoms with Gasteiger partial charge in [0.25, 0.3) is 0 Å². The fourth-order valence-corrected chi connectivity index (χ4v) is 3.11. The molecule has 1 amide bonds. The van der Waals surface area contributed by atoms with Gasteiger partial charge in [0, 0.05) is 15.9 Å². The molecule has 5 nitrogen and oxygen atoms in total. The number of ether oxygens (including phenoxy) is 1. The normalized spacial score (nSPS) is 10.5. The molecule has 0 aliphatic carbocycles. The van der Waals surface area contributed by atoms with Crippen molar-refractivity contribution in [3.8, 4) is 0 Å². The van der Waals surface area contributed by atoms with Crippen LogP contribution in [0.15, 0.2) is 28.7 Å². The summed E-state index contributed by atoms with van der Waals surface area (Å²) in [5.74, 6) is -0.518. The van der Waals surface area contributed by atoms with E-state index >= 15 is 0 Å². The third kappa shape index (κ3) is 4.06. The Hall–Kier alpha value is -2.08. The molecular weight excluding hydrogens is 372 g/mol. The molecule has 2 aromatic rings. The smallest absolute Gasteiger partial charge is 0.339 e. The first-order chi connectivity index (χ1) is 11.3. The number of amides is 1. The fraction of sp³-hybridized carbons (Fsp3) is 0.333. The van der Waals surface area contributed by atoms with Crippen LogP contribution in [0.5, 0.6) is 0 Å². The van der Waals surface area contributed by atoms with E-state index in [-0.39, 0.29) is 18.4 Å². The van der Waals surface area contributed by atoms with Gasteiger partial charge in [0.15, 0.2) is 0 Å². The molecule has 0 fully saturated rings. The number of hydrogen-bond acceptors (Lipinski definition) is 3. The standard InChI is InChI=1S/C18H21BrN2O3/c1-5-24-18(23)14-9-12(3)21(13(14)4)10-17(22)20-16-7-6-11(2)8-15(16)19/h6-9H,5,10H2,1-4H3,(H,20,22). The summed E-state index contributed by atoms with van der Waals surface area (Å²) < 4.78 is 7.69. The molecule has 0 radical (unpaired) electrons. The minimum atomic E-state index is -0.362. The molecule has 0 spiro atoms. The van der Waals surface area contributed by atoms with Crippen molar-refractivity contribution in [3.05, 3.63) is 51.3 Å². The zero-order chi connectivity index (χ0) is 17.9. The number of esters is 1. The number of aryl methyl sites for hydroxylation is 2. The van der Waals surface area contributed by atoms with E-state index in [1.807, 2.05) is 43.5 Å². The number of halogens is 1. The highest BCUT2D eigenvalue weighted by molar-refractivity contribution is 9.10. The first-order valence-corrected chi connectivity index (χ1v) is 8.52. The predicted molar refractivity (Wildman–Crippen MR) is 97.4 cm³/mol. The van der Waals surface area contributed by atoms with Crippen LogP contribution in [0.25, 0.3) is 0 Å². The van der Waals surface area contributed by atoms with Crippen molar-refractivity contribution < 1.29 is 14.3 Å². The number of hydrogen-bond donors (Lipinski definition) is 1. The lowest BCUT2D eigenvalue weighted by molar-refractivity contribution is -0.116. The lowest BCUT2D eigenvalue weighted by Gasteiger charge is -2.12. The number of aromatic nitrogens is 1. The van der Waals surface area contributed by atoms with Crippen LogP contribution < -0.4 is 5.32 Å². The molecule has 0 aliphatic heterocycles. The molecule has 0 bridgehead atoms. The summed E-state index contributed by atoms with van der Waals surface area (Å²) in [4.78, 5) is 24.3. The summed E-state index contributed by atoms with van der Waals surface area (Å²) >= 11 is 3.45. The van der Waals surface area contributed by atoms with Gasteiger partial charge in [0.2, 0.25) is 5.91 Å². The number of carbonyl (C=O) groups is 2. The molecule has 1 aromatic carbocycles. The maximum Gasteiger partial charge on any atom is 0.339 e. The summed E-state index contributed by atoms with van der Waals surface area (Å²) in [6, 6.07) is 7.49. The minimum Gasteiger partial charge on any atom is -0.462 e. The van der Waals surface area contributed by atoms with E-state index in [0.717, 1.165) is 27.1 Å². The van der Waals surface area contributed by atoms with Gasteiger partial charge in [-0.05, 0) is 67.4 Å². The monoisotopic (exact) mass is 392 g/mol. The molecule has 1 N–H and O–H groups in total. The van der Waals surface area contributed by atoms with Gasteiger partial charge in [-0.3, -0.25) is 4.79 Å². The largest absolute Gasteiger partial charge is 0.462 e. The Morgan fingerprint density at radius 3 is 2.54 bits per heavy atom. The molecule has 24 heavy (non-hydrogen) atoms. The van der Waals surface area contributed by atoms with Crippen molar-refractivity contribution >= 4 is 33.5 Å². The zero-order valence-electron chi connectivity index (χ0n) is 14.3. The third-order valence-corrected chi connectivity index (χ3v) is 4.43. The molecule has 0 aliphatic rings. The predicted octanol–water partition coefficient (Wildman–Crippen LogP) is 3.99. The van der Waals surface area contributed by atoms with Crippen LogP contribution in [0.4, 0.5) is 5.69 Å². The molecule has 128 valence electrons. The number of nitrogens with zero attached hydrogens (tertiary/aromatic N) is 1. The van der Waals surface area contributed by atoms with Crippen molar-refractivity contribution in [1.82, 2.24) is 4.57 Å². The SMILES string of the molecule is CCOC(=O)c1cc(C)n(CC(=O)Nc2ccc(C)cc2Br)c1C. The van der Waals surface area contributed by atoms with Crippen molar-refractivity contribution in [2.45, 2.75) is 34.2 Å². The number of rotatable bonds is 5. The van der Waals surface area contributed by atoms with E-state index in [2.05, 4.69) is 21.2 Å². The maximum absolute atomic E-state index is 12.4. The van der Waals surface area contributed by atoms with E-state index < -0.39 is 0 Å². The van der Waals surface area contributed by atoms with Crippen LogP contribution in [0.2, 0.25) is 0 Å². The second-order valence-corrected chi connectivity index (χ2v) is 6.48. The fourth-order valence-electron chi connectivity index (χ4n) is 2.51. The Balaban J connectivity index is 2.16. The van der Waals surface area contributed by atoms with E-state index in [4.69, 9.17) is 4.74 Å². The van der Waals surface area contributed by atoms with Crippen molar-refractivity contribution in [2.24, 2.45) is 0 Å². The minimum absolute atomic E-state index is 0.136. The highest BCUT2D eigenvalue weighted by Gasteiger charge is 2.18. The topological polar surface area (TPSA) is 60.3 Å². The lowest BCUT2D eigenvalue weighted by atomic mass is 10.2. The van der Waals surface area contributed by atoms with Gasteiger partial charge in [0.1, 0.15) is 6.54 Å². The highest BCUT2D eigenvalue weighted by atomic mass is 79.9. The van der Waals surface area contributed by atoms with Gasteiger partial charge >= 0.3 is 5.97 Å². The number of carbonyl (C=O) groups excluding carboxylic acids is 2. The zero-order valence-corrected chi connectivity index (χ0v) is 15.9. The second kappa shape index (κ2) is 7.66. The first-order valence-electron chi connectivity index (χ1n) is 7.73. The second-order valence-electron chi connectivity index (χ2n) is 5.62. The Labute approximate surface area is 150 Å². The number of nitrogens with one attached hydrogen (secondary N) is 1. The van der Waals surface area contributed by atoms with Crippen molar-refractivity contribution in [2.75, 3.05) is 11.9 Å². The Kier molecular flexibility index (Phi) is 5.83. The van der Waals surface area contributed by atoms with E-state index in [1.54, 1.807) is 13.0 Å². The van der Waals surface area contributed by atoms with E-state index in [9.17, 15) is 9.59 Å². The Bertz CT molecular complexity index is 781. The average Bonchev–Trinajstić information content (AvgIpc) is 2.78. The number of anilines is 1. The third-order valence-electron chi connectivity index (χ3n) is 3.77. The van der Waals surface area contributed by atoms with Crippen LogP contribution in [-0.4, -0.2) is 23.1 Å². The lowest BCUT2D eigenvalue weighted by Crippen LogP contribution is -2.20. The molecule has 1 heterocycles. The van der Waals surface area contributed by atoms with Crippen LogP contribution in [0.3, 0.4) is 0 Å². The number of benzene rings is 1. The van der Waals surface area contributed by atoms with Crippen LogP contribution in [-0.2, 0) is 16.1 Å². The quantitative estimate of drug-likeness (QED) is 0.782. The van der Waals surface area contributed by atoms with Gasteiger partial charge in [0.05, 0.1) is 17.9 Å². The molecule has 2 rings (SSSR count). The van der Waals surface area contributed by atoms with Crippen molar-refractivity contribution in [3.63, 3.8) is 0 Å². The Morgan fingerprint density at radius 1 is 1.21 bits per heavy atom. The summed E-state index contributed by atoms with van der Waals surface area (Å²) in [5.41, 5.74) is 3.89. The van der Waals surface area contributed by atoms with Crippen LogP contribution >= 0.6 is 15.9 Å². The highest BCUT2D eigenvalue weighted by Crippen LogP contribution is 2.23. The molecule has 0 atom stereocenters. The van der Waals surface area contributed by atoms with Crippen LogP contribution in [0.1, 0.15) is 34.2 Å². The molecule has 1 aromatic heterocycles. The Morgan fingerprint density at radius 2 is 1.92 bits per heavy atom. The average molecular weight is 393 g/mol. The van der Waals surface area contributed by atoms with E-state index in [0.29, 0.717) is 12.2 Å². The van der Waals surface area contributed by atoms with Crippen molar-refractivity contribution in [1.29, 1.82) is 0 Å². The first kappa shape index (κ1) is 18.3.